The average Bonchev–Trinajstić information content (AvgIpc) is 2.38. The van der Waals surface area contributed by atoms with Gasteiger partial charge in [-0.3, -0.25) is 15.1 Å². The Kier molecular flexibility index (Phi) is 5.57. The molecule has 1 aromatic heterocycles. The zero-order chi connectivity index (χ0) is 16.0. The second kappa shape index (κ2) is 6.96. The van der Waals surface area contributed by atoms with Crippen molar-refractivity contribution in [2.75, 3.05) is 34.3 Å². The molecule has 0 amide bonds. The normalized spacial score (nSPS) is 10.9. The Morgan fingerprint density at radius 2 is 1.95 bits per heavy atom. The molecular weight excluding hydrogens is 274 g/mol. The van der Waals surface area contributed by atoms with Gasteiger partial charge in [0, 0.05) is 12.3 Å². The van der Waals surface area contributed by atoms with Gasteiger partial charge >= 0.3 is 0 Å². The number of benzene rings is 1. The van der Waals surface area contributed by atoms with Gasteiger partial charge in [0.15, 0.2) is 0 Å². The van der Waals surface area contributed by atoms with Crippen molar-refractivity contribution in [3.05, 3.63) is 40.6 Å². The summed E-state index contributed by atoms with van der Waals surface area (Å²) in [4.78, 5) is 13.9. The van der Waals surface area contributed by atoms with E-state index in [9.17, 15) is 15.2 Å². The molecule has 0 aliphatic rings. The largest absolute Gasteiger partial charge is 0.871 e. The van der Waals surface area contributed by atoms with E-state index in [0.717, 1.165) is 17.1 Å². The Bertz CT molecular complexity index is 623. The van der Waals surface area contributed by atoms with Crippen molar-refractivity contribution in [2.45, 2.75) is 0 Å². The zero-order valence-electron chi connectivity index (χ0n) is 12.3. The molecule has 7 heteroatoms. The van der Waals surface area contributed by atoms with Gasteiger partial charge in [-0.2, -0.15) is 0 Å². The third-order valence-electron chi connectivity index (χ3n) is 2.68. The summed E-state index contributed by atoms with van der Waals surface area (Å²) in [6, 6.07) is 5.44. The summed E-state index contributed by atoms with van der Waals surface area (Å²) in [5, 5.41) is 30.5. The summed E-state index contributed by atoms with van der Waals surface area (Å²) in [6.45, 7) is 1.11. The van der Waals surface area contributed by atoms with Crippen LogP contribution in [0.25, 0.3) is 10.9 Å². The first-order valence-corrected chi connectivity index (χ1v) is 6.36. The van der Waals surface area contributed by atoms with Crippen LogP contribution in [0.1, 0.15) is 0 Å². The van der Waals surface area contributed by atoms with Crippen LogP contribution >= 0.6 is 0 Å². The van der Waals surface area contributed by atoms with Crippen LogP contribution < -0.4 is 5.11 Å². The van der Waals surface area contributed by atoms with Crippen molar-refractivity contribution in [3.8, 4) is 5.75 Å². The van der Waals surface area contributed by atoms with E-state index in [1.54, 1.807) is 6.07 Å². The molecular formula is C14H19N3O4. The summed E-state index contributed by atoms with van der Waals surface area (Å²) in [6.07, 6.45) is 1.44. The maximum absolute atomic E-state index is 11.3. The number of pyridine rings is 1. The first-order valence-electron chi connectivity index (χ1n) is 6.36. The second-order valence-electron chi connectivity index (χ2n) is 5.48. The van der Waals surface area contributed by atoms with E-state index < -0.39 is 4.92 Å². The van der Waals surface area contributed by atoms with E-state index in [-0.39, 0.29) is 28.9 Å². The van der Waals surface area contributed by atoms with Crippen molar-refractivity contribution in [1.82, 2.24) is 4.98 Å². The molecule has 0 unspecified atom stereocenters. The molecule has 21 heavy (non-hydrogen) atoms. The van der Waals surface area contributed by atoms with Crippen LogP contribution in [-0.2, 0) is 0 Å². The maximum atomic E-state index is 11.3. The number of hydrogen-bond acceptors (Lipinski definition) is 5. The fourth-order valence-electron chi connectivity index (χ4n) is 1.59. The van der Waals surface area contributed by atoms with Gasteiger partial charge in [-0.15, -0.1) is 0 Å². The Balaban J connectivity index is 0.000000270. The molecule has 2 rings (SSSR count). The van der Waals surface area contributed by atoms with Crippen LogP contribution in [0.2, 0.25) is 0 Å². The van der Waals surface area contributed by atoms with Crippen molar-refractivity contribution in [2.24, 2.45) is 0 Å². The van der Waals surface area contributed by atoms with Gasteiger partial charge in [-0.05, 0) is 12.1 Å². The molecule has 1 heterocycles. The summed E-state index contributed by atoms with van der Waals surface area (Å²) in [7, 11) is 6.16. The Labute approximate surface area is 122 Å². The number of aromatic nitrogens is 1. The second-order valence-corrected chi connectivity index (χ2v) is 5.48. The highest BCUT2D eigenvalue weighted by atomic mass is 16.6. The molecule has 0 fully saturated rings. The van der Waals surface area contributed by atoms with Crippen molar-refractivity contribution in [3.63, 3.8) is 0 Å². The first kappa shape index (κ1) is 16.8. The predicted octanol–water partition coefficient (Wildman–Crippen LogP) is 0.901. The van der Waals surface area contributed by atoms with E-state index in [1.165, 1.54) is 18.3 Å². The highest BCUT2D eigenvalue weighted by Gasteiger charge is 2.11. The van der Waals surface area contributed by atoms with Crippen molar-refractivity contribution >= 4 is 16.6 Å². The maximum Gasteiger partial charge on any atom is 0.278 e. The lowest BCUT2D eigenvalue weighted by Crippen LogP contribution is -2.36. The van der Waals surface area contributed by atoms with Crippen LogP contribution in [-0.4, -0.2) is 53.8 Å². The minimum atomic E-state index is -0.524. The Hall–Kier alpha value is -2.25. The molecule has 1 N–H and O–H groups in total. The molecule has 0 radical (unpaired) electrons. The smallest absolute Gasteiger partial charge is 0.278 e. The molecule has 0 aliphatic heterocycles. The molecule has 0 saturated heterocycles. The summed E-state index contributed by atoms with van der Waals surface area (Å²) < 4.78 is 0.844. The van der Waals surface area contributed by atoms with Gasteiger partial charge in [0.25, 0.3) is 5.69 Å². The van der Waals surface area contributed by atoms with Gasteiger partial charge in [0.1, 0.15) is 6.54 Å². The standard InChI is InChI=1S/C9H6N2O3.C5H14NO/c12-8-4-3-7(11(13)14)6-2-1-5-10-9(6)8;1-6(2,3)4-5-7/h1-5,12H;7H,4-5H2,1-3H3/q;+1/p-1. The lowest BCUT2D eigenvalue weighted by Gasteiger charge is -2.21. The number of fused-ring (bicyclic) bond motifs is 1. The van der Waals surface area contributed by atoms with E-state index >= 15 is 0 Å². The third-order valence-corrected chi connectivity index (χ3v) is 2.68. The fourth-order valence-corrected chi connectivity index (χ4v) is 1.59. The number of hydrogen-bond donors (Lipinski definition) is 1. The molecule has 0 saturated carbocycles. The zero-order valence-corrected chi connectivity index (χ0v) is 12.3. The van der Waals surface area contributed by atoms with Crippen molar-refractivity contribution < 1.29 is 19.6 Å². The van der Waals surface area contributed by atoms with Crippen LogP contribution in [0.3, 0.4) is 0 Å². The number of non-ortho nitro benzene ring substituents is 1. The summed E-state index contributed by atoms with van der Waals surface area (Å²) in [5.41, 5.74) is 0.0504. The SMILES string of the molecule is C[N+](C)(C)CCO.O=[N+]([O-])c1ccc([O-])c2ncccc12. The summed E-state index contributed by atoms with van der Waals surface area (Å²) >= 11 is 0. The predicted molar refractivity (Wildman–Crippen MR) is 77.8 cm³/mol. The van der Waals surface area contributed by atoms with Gasteiger partial charge < -0.3 is 14.7 Å². The number of nitro benzene ring substituents is 1. The lowest BCUT2D eigenvalue weighted by molar-refractivity contribution is -0.870. The molecule has 0 aliphatic carbocycles. The molecule has 114 valence electrons. The van der Waals surface area contributed by atoms with Gasteiger partial charge in [0.2, 0.25) is 0 Å². The van der Waals surface area contributed by atoms with Gasteiger partial charge in [0.05, 0.1) is 43.6 Å². The summed E-state index contributed by atoms with van der Waals surface area (Å²) in [5.74, 6) is -0.300. The minimum Gasteiger partial charge on any atom is -0.871 e. The molecule has 0 spiro atoms. The van der Waals surface area contributed by atoms with Crippen molar-refractivity contribution in [1.29, 1.82) is 0 Å². The number of nitro groups is 1. The molecule has 1 aromatic carbocycles. The third kappa shape index (κ3) is 4.97. The molecule has 7 nitrogen and oxygen atoms in total. The molecule has 0 bridgehead atoms. The topological polar surface area (TPSA) is 99.3 Å². The number of rotatable bonds is 3. The highest BCUT2D eigenvalue weighted by Crippen LogP contribution is 2.28. The Morgan fingerprint density at radius 3 is 2.43 bits per heavy atom. The Morgan fingerprint density at radius 1 is 1.29 bits per heavy atom. The number of quaternary nitrogens is 1. The number of nitrogens with zero attached hydrogens (tertiary/aromatic N) is 3. The quantitative estimate of drug-likeness (QED) is 0.515. The van der Waals surface area contributed by atoms with E-state index in [0.29, 0.717) is 0 Å². The monoisotopic (exact) mass is 293 g/mol. The average molecular weight is 293 g/mol. The van der Waals surface area contributed by atoms with E-state index in [4.69, 9.17) is 5.11 Å². The van der Waals surface area contributed by atoms with Crippen LogP contribution in [0.15, 0.2) is 30.5 Å². The lowest BCUT2D eigenvalue weighted by atomic mass is 10.2. The first-order chi connectivity index (χ1) is 9.76. The number of aliphatic hydroxyl groups is 1. The van der Waals surface area contributed by atoms with E-state index in [2.05, 4.69) is 26.1 Å². The van der Waals surface area contributed by atoms with E-state index in [1.807, 2.05) is 0 Å². The minimum absolute atomic E-state index is 0.0901. The van der Waals surface area contributed by atoms with Gasteiger partial charge in [-0.25, -0.2) is 0 Å². The fraction of sp³-hybridized carbons (Fsp3) is 0.357. The molecule has 0 atom stereocenters. The van der Waals surface area contributed by atoms with Crippen LogP contribution in [0, 0.1) is 10.1 Å². The molecule has 2 aromatic rings. The highest BCUT2D eigenvalue weighted by molar-refractivity contribution is 5.91. The number of likely N-dealkylation sites (N-methyl/N-ethyl adjacent to an activating group) is 1. The van der Waals surface area contributed by atoms with Crippen LogP contribution in [0.5, 0.6) is 5.75 Å². The van der Waals surface area contributed by atoms with Gasteiger partial charge in [-0.1, -0.05) is 11.8 Å². The van der Waals surface area contributed by atoms with Crippen LogP contribution in [0.4, 0.5) is 5.69 Å². The number of aliphatic hydroxyl groups excluding tert-OH is 1.